The van der Waals surface area contributed by atoms with Gasteiger partial charge in [0.2, 0.25) is 0 Å². The van der Waals surface area contributed by atoms with Crippen molar-refractivity contribution >= 4 is 38.9 Å². The van der Waals surface area contributed by atoms with Crippen LogP contribution in [0, 0.1) is 0 Å². The van der Waals surface area contributed by atoms with Crippen LogP contribution in [0.1, 0.15) is 51.3 Å². The lowest BCUT2D eigenvalue weighted by Crippen LogP contribution is -2.30. The number of hydrogen-bond donors (Lipinski definition) is 0. The number of benzene rings is 6. The third-order valence-electron chi connectivity index (χ3n) is 11.4. The molecular formula is C50H42N6. The van der Waals surface area contributed by atoms with E-state index in [0.29, 0.717) is 0 Å². The molecule has 56 heavy (non-hydrogen) atoms. The standard InChI is InChI=1S/C50H42N6/c1-49(2,3)35-28-29-51-46(30-35)55-42-22-14-12-20-38(42)39-26-24-36(31-44(39)55)54-43-23-15-13-21-40(43)50(4,5)41-27-25-37(32-45(41)54)56-52-47(33-16-8-6-9-17-33)48(53-56)34-18-10-7-11-19-34/h6-32H,1-5H3. The number of aromatic nitrogens is 5. The Morgan fingerprint density at radius 2 is 1.12 bits per heavy atom. The van der Waals surface area contributed by atoms with Gasteiger partial charge in [0.05, 0.1) is 28.1 Å². The Morgan fingerprint density at radius 3 is 1.84 bits per heavy atom. The molecule has 6 aromatic carbocycles. The molecule has 0 radical (unpaired) electrons. The van der Waals surface area contributed by atoms with Crippen molar-refractivity contribution in [2.24, 2.45) is 0 Å². The summed E-state index contributed by atoms with van der Waals surface area (Å²) in [6, 6.07) is 56.0. The second-order valence-corrected chi connectivity index (χ2v) is 16.3. The Hall–Kier alpha value is -6.79. The summed E-state index contributed by atoms with van der Waals surface area (Å²) in [5.74, 6) is 0.914. The predicted octanol–water partition coefficient (Wildman–Crippen LogP) is 12.5. The zero-order chi connectivity index (χ0) is 38.2. The van der Waals surface area contributed by atoms with Crippen molar-refractivity contribution in [3.63, 3.8) is 0 Å². The monoisotopic (exact) mass is 726 g/mol. The fourth-order valence-electron chi connectivity index (χ4n) is 8.46. The number of nitrogens with zero attached hydrogens (tertiary/aromatic N) is 6. The molecule has 6 nitrogen and oxygen atoms in total. The van der Waals surface area contributed by atoms with Gasteiger partial charge in [0.1, 0.15) is 17.2 Å². The van der Waals surface area contributed by atoms with Gasteiger partial charge in [0.25, 0.3) is 0 Å². The molecular weight excluding hydrogens is 685 g/mol. The normalized spacial score (nSPS) is 13.6. The molecule has 0 unspecified atom stereocenters. The summed E-state index contributed by atoms with van der Waals surface area (Å²) in [6.45, 7) is 11.4. The van der Waals surface area contributed by atoms with Crippen molar-refractivity contribution in [2.75, 3.05) is 4.90 Å². The van der Waals surface area contributed by atoms with Gasteiger partial charge in [-0.25, -0.2) is 4.98 Å². The van der Waals surface area contributed by atoms with Crippen LogP contribution in [-0.2, 0) is 10.8 Å². The van der Waals surface area contributed by atoms with Gasteiger partial charge in [-0.3, -0.25) is 4.57 Å². The molecule has 0 amide bonds. The van der Waals surface area contributed by atoms with Gasteiger partial charge in [-0.05, 0) is 70.6 Å². The van der Waals surface area contributed by atoms with Crippen LogP contribution in [0.15, 0.2) is 164 Å². The lowest BCUT2D eigenvalue weighted by Gasteiger charge is -2.42. The van der Waals surface area contributed by atoms with Crippen molar-refractivity contribution in [3.8, 4) is 34.0 Å². The third kappa shape index (κ3) is 5.35. The van der Waals surface area contributed by atoms with Gasteiger partial charge in [0.15, 0.2) is 0 Å². The lowest BCUT2D eigenvalue weighted by molar-refractivity contribution is 0.588. The molecule has 0 aliphatic carbocycles. The first-order valence-electron chi connectivity index (χ1n) is 19.3. The summed E-state index contributed by atoms with van der Waals surface area (Å²) in [6.07, 6.45) is 1.94. The van der Waals surface area contributed by atoms with Crippen molar-refractivity contribution in [1.82, 2.24) is 24.5 Å². The van der Waals surface area contributed by atoms with E-state index in [0.717, 1.165) is 62.1 Å². The van der Waals surface area contributed by atoms with E-state index in [1.807, 2.05) is 42.6 Å². The molecule has 0 bridgehead atoms. The van der Waals surface area contributed by atoms with E-state index in [9.17, 15) is 0 Å². The van der Waals surface area contributed by atoms with Gasteiger partial charge in [-0.1, -0.05) is 144 Å². The fraction of sp³-hybridized carbons (Fsp3) is 0.140. The van der Waals surface area contributed by atoms with E-state index in [4.69, 9.17) is 15.2 Å². The van der Waals surface area contributed by atoms with Gasteiger partial charge < -0.3 is 4.90 Å². The van der Waals surface area contributed by atoms with Crippen LogP contribution in [-0.4, -0.2) is 24.5 Å². The average Bonchev–Trinajstić information content (AvgIpc) is 3.82. The Kier molecular flexibility index (Phi) is 7.62. The number of pyridine rings is 1. The number of hydrogen-bond acceptors (Lipinski definition) is 4. The van der Waals surface area contributed by atoms with E-state index in [2.05, 4.69) is 165 Å². The number of anilines is 3. The predicted molar refractivity (Wildman–Crippen MR) is 230 cm³/mol. The van der Waals surface area contributed by atoms with Crippen LogP contribution < -0.4 is 4.90 Å². The summed E-state index contributed by atoms with van der Waals surface area (Å²) in [5.41, 5.74) is 13.7. The maximum atomic E-state index is 5.17. The highest BCUT2D eigenvalue weighted by molar-refractivity contribution is 6.10. The maximum absolute atomic E-state index is 5.17. The second kappa shape index (κ2) is 12.6. The Labute approximate surface area is 327 Å². The molecule has 1 aliphatic rings. The largest absolute Gasteiger partial charge is 0.310 e. The molecule has 6 heteroatoms. The number of para-hydroxylation sites is 2. The molecule has 0 fully saturated rings. The molecule has 10 rings (SSSR count). The molecule has 0 N–H and O–H groups in total. The molecule has 4 heterocycles. The molecule has 1 aliphatic heterocycles. The van der Waals surface area contributed by atoms with Crippen molar-refractivity contribution in [3.05, 3.63) is 181 Å². The van der Waals surface area contributed by atoms with Crippen LogP contribution in [0.25, 0.3) is 55.8 Å². The summed E-state index contributed by atoms with van der Waals surface area (Å²) >= 11 is 0. The first-order chi connectivity index (χ1) is 27.2. The number of rotatable bonds is 5. The van der Waals surface area contributed by atoms with Crippen LogP contribution in [0.5, 0.6) is 0 Å². The minimum atomic E-state index is -0.251. The molecule has 0 saturated heterocycles. The van der Waals surface area contributed by atoms with E-state index in [-0.39, 0.29) is 10.8 Å². The summed E-state index contributed by atoms with van der Waals surface area (Å²) in [7, 11) is 0. The zero-order valence-electron chi connectivity index (χ0n) is 32.3. The van der Waals surface area contributed by atoms with Crippen LogP contribution >= 0.6 is 0 Å². The molecule has 272 valence electrons. The first-order valence-corrected chi connectivity index (χ1v) is 19.3. The zero-order valence-corrected chi connectivity index (χ0v) is 32.3. The molecule has 3 aromatic heterocycles. The maximum Gasteiger partial charge on any atom is 0.137 e. The first kappa shape index (κ1) is 33.8. The summed E-state index contributed by atoms with van der Waals surface area (Å²) in [4.78, 5) is 9.17. The van der Waals surface area contributed by atoms with E-state index in [1.165, 1.54) is 27.5 Å². The number of fused-ring (bicyclic) bond motifs is 5. The van der Waals surface area contributed by atoms with Crippen molar-refractivity contribution < 1.29 is 0 Å². The SMILES string of the molecule is CC(C)(C)c1ccnc(-n2c3ccccc3c3ccc(N4c5ccccc5C(C)(C)c5ccc(-n6nc(-c7ccccc7)c(-c7ccccc7)n6)cc54)cc32)c1. The molecule has 9 aromatic rings. The van der Waals surface area contributed by atoms with E-state index >= 15 is 0 Å². The molecule has 0 saturated carbocycles. The molecule has 0 atom stereocenters. The van der Waals surface area contributed by atoms with Gasteiger partial charge in [-0.2, -0.15) is 4.80 Å². The highest BCUT2D eigenvalue weighted by Gasteiger charge is 2.37. The van der Waals surface area contributed by atoms with E-state index < -0.39 is 0 Å². The minimum Gasteiger partial charge on any atom is -0.310 e. The van der Waals surface area contributed by atoms with Gasteiger partial charge >= 0.3 is 0 Å². The third-order valence-corrected chi connectivity index (χ3v) is 11.4. The Bertz CT molecular complexity index is 2870. The summed E-state index contributed by atoms with van der Waals surface area (Å²) in [5, 5.41) is 12.7. The van der Waals surface area contributed by atoms with Crippen LogP contribution in [0.3, 0.4) is 0 Å². The highest BCUT2D eigenvalue weighted by atomic mass is 15.5. The fourth-order valence-corrected chi connectivity index (χ4v) is 8.46. The van der Waals surface area contributed by atoms with Crippen LogP contribution in [0.4, 0.5) is 17.1 Å². The second-order valence-electron chi connectivity index (χ2n) is 16.3. The highest BCUT2D eigenvalue weighted by Crippen LogP contribution is 2.53. The smallest absolute Gasteiger partial charge is 0.137 e. The van der Waals surface area contributed by atoms with Crippen molar-refractivity contribution in [2.45, 2.75) is 45.4 Å². The van der Waals surface area contributed by atoms with Crippen LogP contribution in [0.2, 0.25) is 0 Å². The minimum absolute atomic E-state index is 0.0134. The lowest BCUT2D eigenvalue weighted by atomic mass is 9.73. The average molecular weight is 727 g/mol. The summed E-state index contributed by atoms with van der Waals surface area (Å²) < 4.78 is 2.32. The van der Waals surface area contributed by atoms with E-state index in [1.54, 1.807) is 4.80 Å². The Balaban J connectivity index is 1.19. The van der Waals surface area contributed by atoms with Gasteiger partial charge in [-0.15, -0.1) is 10.2 Å². The van der Waals surface area contributed by atoms with Gasteiger partial charge in [0, 0.05) is 39.2 Å². The van der Waals surface area contributed by atoms with Crippen molar-refractivity contribution in [1.29, 1.82) is 0 Å². The molecule has 0 spiro atoms. The quantitative estimate of drug-likeness (QED) is 0.177. The Morgan fingerprint density at radius 1 is 0.518 bits per heavy atom. The topological polar surface area (TPSA) is 51.8 Å².